The Balaban J connectivity index is 2.38. The second-order valence-corrected chi connectivity index (χ2v) is 13.5. The van der Waals surface area contributed by atoms with Crippen LogP contribution in [-0.4, -0.2) is 43.4 Å². The molecule has 1 saturated carbocycles. The summed E-state index contributed by atoms with van der Waals surface area (Å²) in [4.78, 5) is 13.2. The average Bonchev–Trinajstić information content (AvgIpc) is 2.75. The molecule has 3 atom stereocenters. The summed E-state index contributed by atoms with van der Waals surface area (Å²) >= 11 is 5.40. The van der Waals surface area contributed by atoms with E-state index < -0.39 is 22.8 Å². The number of hydrogen-bond acceptors (Lipinski definition) is 6. The number of rotatable bonds is 13. The SMILES string of the molecule is COCOCC1CC(C(C(=O)OC)[C@@](C)(N[S@@+]([O-])C(C)C)c2ccc(CCC(C)(C)C)c(Cl)c2)C1. The quantitative estimate of drug-likeness (QED) is 0.154. The minimum absolute atomic E-state index is 0.0691. The van der Waals surface area contributed by atoms with Crippen molar-refractivity contribution in [2.24, 2.45) is 23.2 Å². The first-order valence-corrected chi connectivity index (χ1v) is 14.0. The molecule has 6 nitrogen and oxygen atoms in total. The third kappa shape index (κ3) is 8.34. The number of carbonyl (C=O) groups excluding carboxylic acids is 1. The first kappa shape index (κ1) is 30.4. The van der Waals surface area contributed by atoms with Gasteiger partial charge in [0.2, 0.25) is 0 Å². The first-order chi connectivity index (χ1) is 16.3. The van der Waals surface area contributed by atoms with E-state index >= 15 is 0 Å². The van der Waals surface area contributed by atoms with Crippen molar-refractivity contribution in [3.63, 3.8) is 0 Å². The molecule has 0 radical (unpaired) electrons. The number of benzene rings is 1. The highest BCUT2D eigenvalue weighted by Crippen LogP contribution is 2.48. The van der Waals surface area contributed by atoms with Gasteiger partial charge in [-0.15, -0.1) is 4.72 Å². The number of aryl methyl sites for hydroxylation is 1. The van der Waals surface area contributed by atoms with Gasteiger partial charge in [0.15, 0.2) is 0 Å². The van der Waals surface area contributed by atoms with Gasteiger partial charge in [-0.2, -0.15) is 0 Å². The molecule has 8 heteroatoms. The van der Waals surface area contributed by atoms with Crippen LogP contribution < -0.4 is 4.72 Å². The van der Waals surface area contributed by atoms with E-state index in [0.717, 1.165) is 36.8 Å². The van der Waals surface area contributed by atoms with Crippen LogP contribution in [0, 0.1) is 23.2 Å². The molecule has 0 heterocycles. The number of nitrogens with one attached hydrogen (secondary N) is 1. The zero-order chi connectivity index (χ0) is 26.4. The van der Waals surface area contributed by atoms with Crippen molar-refractivity contribution in [3.05, 3.63) is 34.3 Å². The molecule has 0 spiro atoms. The van der Waals surface area contributed by atoms with Gasteiger partial charge < -0.3 is 18.8 Å². The highest BCUT2D eigenvalue weighted by atomic mass is 35.5. The van der Waals surface area contributed by atoms with Gasteiger partial charge >= 0.3 is 5.97 Å². The van der Waals surface area contributed by atoms with Crippen LogP contribution in [0.3, 0.4) is 0 Å². The highest BCUT2D eigenvalue weighted by Gasteiger charge is 2.52. The Bertz CT molecular complexity index is 824. The number of ether oxygens (including phenoxy) is 3. The topological polar surface area (TPSA) is 79.9 Å². The van der Waals surface area contributed by atoms with Crippen LogP contribution in [0.5, 0.6) is 0 Å². The highest BCUT2D eigenvalue weighted by molar-refractivity contribution is 7.90. The smallest absolute Gasteiger partial charge is 0.311 e. The van der Waals surface area contributed by atoms with Gasteiger partial charge in [0.05, 0.1) is 25.2 Å². The molecule has 1 fully saturated rings. The fourth-order valence-electron chi connectivity index (χ4n) is 4.73. The van der Waals surface area contributed by atoms with Crippen molar-refractivity contribution < 1.29 is 23.6 Å². The second-order valence-electron chi connectivity index (χ2n) is 11.4. The summed E-state index contributed by atoms with van der Waals surface area (Å²) in [7, 11) is 3.01. The maximum absolute atomic E-state index is 13.2. The number of carbonyl (C=O) groups is 1. The molecule has 2 rings (SSSR count). The first-order valence-electron chi connectivity index (χ1n) is 12.4. The predicted octanol–water partition coefficient (Wildman–Crippen LogP) is 5.63. The van der Waals surface area contributed by atoms with Crippen molar-refractivity contribution in [1.82, 2.24) is 4.72 Å². The van der Waals surface area contributed by atoms with Crippen molar-refractivity contribution in [1.29, 1.82) is 0 Å². The lowest BCUT2D eigenvalue weighted by molar-refractivity contribution is -0.155. The predicted molar refractivity (Wildman–Crippen MR) is 143 cm³/mol. The fourth-order valence-corrected chi connectivity index (χ4v) is 5.91. The third-order valence-electron chi connectivity index (χ3n) is 6.91. The molecule has 0 saturated heterocycles. The van der Waals surface area contributed by atoms with Gasteiger partial charge in [0.25, 0.3) is 0 Å². The molecule has 0 aliphatic heterocycles. The van der Waals surface area contributed by atoms with E-state index in [2.05, 4.69) is 25.5 Å². The van der Waals surface area contributed by atoms with Crippen LogP contribution in [0.1, 0.15) is 71.9 Å². The van der Waals surface area contributed by atoms with Gasteiger partial charge in [-0.3, -0.25) is 4.79 Å². The van der Waals surface area contributed by atoms with E-state index in [-0.39, 0.29) is 29.3 Å². The van der Waals surface area contributed by atoms with E-state index in [4.69, 9.17) is 25.8 Å². The van der Waals surface area contributed by atoms with E-state index in [1.54, 1.807) is 7.11 Å². The van der Waals surface area contributed by atoms with Gasteiger partial charge in [0, 0.05) is 23.5 Å². The summed E-state index contributed by atoms with van der Waals surface area (Å²) in [6, 6.07) is 5.98. The standard InChI is InChI=1S/C27H44ClNO5S/c1-18(2)35(31)29-27(6,22-10-9-20(23(28)15-22)11-12-26(3,4)5)24(25(30)33-8)21-13-19(14-21)16-34-17-32-7/h9-10,15,18-19,21,24,29H,11-14,16-17H2,1-8H3/t19?,21?,24?,27-,35-/m0/s1. The second kappa shape index (κ2) is 13.1. The van der Waals surface area contributed by atoms with Gasteiger partial charge in [0.1, 0.15) is 12.0 Å². The van der Waals surface area contributed by atoms with Crippen LogP contribution in [0.4, 0.5) is 0 Å². The van der Waals surface area contributed by atoms with E-state index in [1.807, 2.05) is 39.0 Å². The number of hydrogen-bond donors (Lipinski definition) is 1. The molecule has 1 aliphatic rings. The van der Waals surface area contributed by atoms with Crippen LogP contribution in [0.25, 0.3) is 0 Å². The molecule has 1 aromatic rings. The minimum Gasteiger partial charge on any atom is -0.598 e. The largest absolute Gasteiger partial charge is 0.598 e. The maximum atomic E-state index is 13.2. The molecule has 0 bridgehead atoms. The zero-order valence-electron chi connectivity index (χ0n) is 22.6. The number of methoxy groups -OCH3 is 2. The van der Waals surface area contributed by atoms with Crippen molar-refractivity contribution in [2.45, 2.75) is 78.0 Å². The lowest BCUT2D eigenvalue weighted by Crippen LogP contribution is -2.57. The normalized spacial score (nSPS) is 21.8. The Labute approximate surface area is 220 Å². The van der Waals surface area contributed by atoms with Crippen LogP contribution in [0.2, 0.25) is 5.02 Å². The Morgan fingerprint density at radius 2 is 1.89 bits per heavy atom. The Morgan fingerprint density at radius 3 is 2.40 bits per heavy atom. The zero-order valence-corrected chi connectivity index (χ0v) is 24.2. The van der Waals surface area contributed by atoms with Crippen LogP contribution >= 0.6 is 11.6 Å². The van der Waals surface area contributed by atoms with E-state index in [9.17, 15) is 9.35 Å². The average molecular weight is 530 g/mol. The van der Waals surface area contributed by atoms with Crippen LogP contribution in [0.15, 0.2) is 18.2 Å². The fraction of sp³-hybridized carbons (Fsp3) is 0.741. The lowest BCUT2D eigenvalue weighted by atomic mass is 9.62. The Hall–Kier alpha value is -0.830. The molecule has 200 valence electrons. The van der Waals surface area contributed by atoms with Gasteiger partial charge in [-0.05, 0) is 80.9 Å². The summed E-state index contributed by atoms with van der Waals surface area (Å²) in [6.07, 6.45) is 3.54. The molecule has 1 unspecified atom stereocenters. The van der Waals surface area contributed by atoms with E-state index in [0.29, 0.717) is 17.5 Å². The summed E-state index contributed by atoms with van der Waals surface area (Å²) in [6.45, 7) is 13.2. The molecule has 1 aromatic carbocycles. The molecule has 1 N–H and O–H groups in total. The van der Waals surface area contributed by atoms with E-state index in [1.165, 1.54) is 7.11 Å². The Morgan fingerprint density at radius 1 is 1.23 bits per heavy atom. The number of halogens is 1. The summed E-state index contributed by atoms with van der Waals surface area (Å²) in [5.74, 6) is -0.412. The lowest BCUT2D eigenvalue weighted by Gasteiger charge is -2.46. The third-order valence-corrected chi connectivity index (χ3v) is 8.75. The van der Waals surface area contributed by atoms with Crippen LogP contribution in [-0.2, 0) is 42.3 Å². The molecule has 1 aliphatic carbocycles. The summed E-state index contributed by atoms with van der Waals surface area (Å²) < 4.78 is 32.1. The summed E-state index contributed by atoms with van der Waals surface area (Å²) in [5, 5.41) is 0.545. The molecule has 0 aromatic heterocycles. The minimum atomic E-state index is -1.36. The van der Waals surface area contributed by atoms with Crippen molar-refractivity contribution in [3.8, 4) is 0 Å². The maximum Gasteiger partial charge on any atom is 0.311 e. The molecule has 35 heavy (non-hydrogen) atoms. The molecular formula is C27H44ClNO5S. The molecule has 0 amide bonds. The van der Waals surface area contributed by atoms with Gasteiger partial charge in [-0.1, -0.05) is 44.5 Å². The Kier molecular flexibility index (Phi) is 11.4. The van der Waals surface area contributed by atoms with Gasteiger partial charge in [-0.25, -0.2) is 0 Å². The van der Waals surface area contributed by atoms with Crippen molar-refractivity contribution >= 4 is 28.9 Å². The monoisotopic (exact) mass is 529 g/mol. The van der Waals surface area contributed by atoms with Crippen molar-refractivity contribution in [2.75, 3.05) is 27.6 Å². The summed E-state index contributed by atoms with van der Waals surface area (Å²) in [5.41, 5.74) is 1.20. The number of esters is 1. The molecular weight excluding hydrogens is 486 g/mol.